The molecule has 0 N–H and O–H groups in total. The van der Waals surface area contributed by atoms with Crippen molar-refractivity contribution in [1.29, 1.82) is 0 Å². The van der Waals surface area contributed by atoms with E-state index in [9.17, 15) is 0 Å². The summed E-state index contributed by atoms with van der Waals surface area (Å²) >= 11 is 12.2. The smallest absolute Gasteiger partial charge is 0.222 e. The van der Waals surface area contributed by atoms with Crippen molar-refractivity contribution in [3.63, 3.8) is 0 Å². The fourth-order valence-corrected chi connectivity index (χ4v) is 3.44. The molecule has 0 spiro atoms. The maximum atomic E-state index is 6.21. The van der Waals surface area contributed by atoms with Crippen molar-refractivity contribution in [3.05, 3.63) is 71.1 Å². The number of fused-ring (bicyclic) bond motifs is 1. The fourth-order valence-electron chi connectivity index (χ4n) is 3.10. The van der Waals surface area contributed by atoms with Crippen molar-refractivity contribution in [3.8, 4) is 22.5 Å². The fraction of sp³-hybridized carbons (Fsp3) is 0.0526. The van der Waals surface area contributed by atoms with E-state index < -0.39 is 0 Å². The lowest BCUT2D eigenvalue weighted by Gasteiger charge is -2.09. The van der Waals surface area contributed by atoms with Crippen LogP contribution in [0, 0.1) is 0 Å². The zero-order chi connectivity index (χ0) is 16.7. The van der Waals surface area contributed by atoms with Crippen LogP contribution >= 0.6 is 23.2 Å². The van der Waals surface area contributed by atoms with Gasteiger partial charge in [0.1, 0.15) is 0 Å². The van der Waals surface area contributed by atoms with Gasteiger partial charge in [0.15, 0.2) is 0 Å². The molecule has 2 aromatic heterocycles. The summed E-state index contributed by atoms with van der Waals surface area (Å²) in [4.78, 5) is 8.42. The van der Waals surface area contributed by atoms with E-state index in [1.807, 2.05) is 49.5 Å². The lowest BCUT2D eigenvalue weighted by molar-refractivity contribution is 0.978. The molecule has 0 saturated heterocycles. The van der Waals surface area contributed by atoms with E-state index >= 15 is 0 Å². The Morgan fingerprint density at radius 2 is 1.83 bits per heavy atom. The predicted octanol–water partition coefficient (Wildman–Crippen LogP) is 6.10. The predicted molar refractivity (Wildman–Crippen MR) is 104 cm³/mol. The summed E-state index contributed by atoms with van der Waals surface area (Å²) in [6.45, 7) is 0. The highest BCUT2D eigenvalue weighted by molar-refractivity contribution is 6.31. The second-order valence-corrected chi connectivity index (χ2v) is 6.30. The van der Waals surface area contributed by atoms with E-state index in [0.717, 1.165) is 33.4 Å². The van der Waals surface area contributed by atoms with Crippen LogP contribution in [0.2, 0.25) is 10.3 Å². The summed E-state index contributed by atoms with van der Waals surface area (Å²) in [5.74, 6) is 0. The van der Waals surface area contributed by atoms with Gasteiger partial charge in [0.05, 0.1) is 11.4 Å². The number of rotatable bonds is 2. The standard InChI is InChI=1S/C19H13Cl2N3.2H2/c1-24-16-8-3-2-7-14(16)17(15-9-10-22-19(21)23-15)18(24)12-5-4-6-13(20)11-12;;/h2-11H,1H3;2*1H. The third kappa shape index (κ3) is 2.46. The molecule has 2 aromatic carbocycles. The summed E-state index contributed by atoms with van der Waals surface area (Å²) in [5.41, 5.74) is 5.03. The molecular formula is C19H17Cl2N3. The minimum absolute atomic E-state index is 0. The quantitative estimate of drug-likeness (QED) is 0.405. The average molecular weight is 358 g/mol. The van der Waals surface area contributed by atoms with Crippen LogP contribution < -0.4 is 0 Å². The van der Waals surface area contributed by atoms with E-state index in [-0.39, 0.29) is 8.14 Å². The van der Waals surface area contributed by atoms with E-state index in [2.05, 4.69) is 26.7 Å². The number of nitrogens with zero attached hydrogens (tertiary/aromatic N) is 3. The molecular weight excluding hydrogens is 341 g/mol. The first kappa shape index (κ1) is 15.2. The molecule has 4 rings (SSSR count). The van der Waals surface area contributed by atoms with Crippen LogP contribution in [0.25, 0.3) is 33.4 Å². The third-order valence-electron chi connectivity index (χ3n) is 4.09. The van der Waals surface area contributed by atoms with E-state index in [0.29, 0.717) is 5.02 Å². The zero-order valence-electron chi connectivity index (χ0n) is 12.9. The molecule has 0 saturated carbocycles. The molecule has 0 atom stereocenters. The number of benzene rings is 2. The molecule has 0 aliphatic carbocycles. The summed E-state index contributed by atoms with van der Waals surface area (Å²) in [6, 6.07) is 17.9. The molecule has 4 aromatic rings. The van der Waals surface area contributed by atoms with Gasteiger partial charge < -0.3 is 4.57 Å². The highest BCUT2D eigenvalue weighted by Crippen LogP contribution is 2.40. The maximum absolute atomic E-state index is 6.21. The minimum Gasteiger partial charge on any atom is -0.343 e. The third-order valence-corrected chi connectivity index (χ3v) is 4.50. The largest absolute Gasteiger partial charge is 0.343 e. The van der Waals surface area contributed by atoms with Gasteiger partial charge in [-0.1, -0.05) is 41.9 Å². The van der Waals surface area contributed by atoms with Gasteiger partial charge in [-0.25, -0.2) is 9.97 Å². The summed E-state index contributed by atoms with van der Waals surface area (Å²) < 4.78 is 2.16. The van der Waals surface area contributed by atoms with Crippen molar-refractivity contribution in [2.45, 2.75) is 0 Å². The van der Waals surface area contributed by atoms with E-state index in [4.69, 9.17) is 23.2 Å². The molecule has 2 heterocycles. The van der Waals surface area contributed by atoms with Crippen LogP contribution in [0.3, 0.4) is 0 Å². The maximum Gasteiger partial charge on any atom is 0.222 e. The average Bonchev–Trinajstić information content (AvgIpc) is 2.88. The Labute approximate surface area is 152 Å². The summed E-state index contributed by atoms with van der Waals surface area (Å²) in [5, 5.41) is 2.05. The number of para-hydroxylation sites is 1. The SMILES string of the molecule is Cn1c(-c2cccc(Cl)c2)c(-c2ccnc(Cl)n2)c2ccccc21.[HH].[HH]. The lowest BCUT2D eigenvalue weighted by atomic mass is 10.0. The number of hydrogen-bond donors (Lipinski definition) is 0. The van der Waals surface area contributed by atoms with Crippen LogP contribution in [-0.2, 0) is 7.05 Å². The number of aromatic nitrogens is 3. The molecule has 0 aliphatic rings. The van der Waals surface area contributed by atoms with Crippen molar-refractivity contribution in [2.75, 3.05) is 0 Å². The molecule has 0 bridgehead atoms. The molecule has 0 aliphatic heterocycles. The minimum atomic E-state index is 0. The second kappa shape index (κ2) is 5.93. The highest BCUT2D eigenvalue weighted by atomic mass is 35.5. The topological polar surface area (TPSA) is 30.7 Å². The van der Waals surface area contributed by atoms with Crippen molar-refractivity contribution < 1.29 is 2.85 Å². The van der Waals surface area contributed by atoms with Crippen LogP contribution in [0.5, 0.6) is 0 Å². The van der Waals surface area contributed by atoms with Crippen LogP contribution in [0.4, 0.5) is 0 Å². The van der Waals surface area contributed by atoms with Gasteiger partial charge in [-0.05, 0) is 35.9 Å². The Hall–Kier alpha value is -2.36. The lowest BCUT2D eigenvalue weighted by Crippen LogP contribution is -1.94. The molecule has 0 radical (unpaired) electrons. The van der Waals surface area contributed by atoms with Crippen molar-refractivity contribution in [2.24, 2.45) is 7.05 Å². The monoisotopic (exact) mass is 357 g/mol. The zero-order valence-corrected chi connectivity index (χ0v) is 14.4. The normalized spacial score (nSPS) is 11.1. The van der Waals surface area contributed by atoms with Crippen molar-refractivity contribution >= 4 is 34.1 Å². The first-order valence-corrected chi connectivity index (χ1v) is 8.23. The molecule has 0 unspecified atom stereocenters. The molecule has 3 nitrogen and oxygen atoms in total. The molecule has 0 amide bonds. The molecule has 122 valence electrons. The summed E-state index contributed by atoms with van der Waals surface area (Å²) in [7, 11) is 2.05. The Morgan fingerprint density at radius 3 is 2.62 bits per heavy atom. The first-order chi connectivity index (χ1) is 11.6. The molecule has 0 fully saturated rings. The van der Waals surface area contributed by atoms with Crippen molar-refractivity contribution in [1.82, 2.24) is 14.5 Å². The van der Waals surface area contributed by atoms with Crippen LogP contribution in [-0.4, -0.2) is 14.5 Å². The Bertz CT molecular complexity index is 1060. The van der Waals surface area contributed by atoms with E-state index in [1.54, 1.807) is 6.20 Å². The van der Waals surface area contributed by atoms with Crippen LogP contribution in [0.1, 0.15) is 2.85 Å². The van der Waals surface area contributed by atoms with E-state index in [1.165, 1.54) is 0 Å². The van der Waals surface area contributed by atoms with Gasteiger partial charge in [-0.15, -0.1) is 0 Å². The Morgan fingerprint density at radius 1 is 1.00 bits per heavy atom. The molecule has 5 heteroatoms. The van der Waals surface area contributed by atoms with Gasteiger partial charge >= 0.3 is 0 Å². The number of halogens is 2. The highest BCUT2D eigenvalue weighted by Gasteiger charge is 2.19. The Balaban J connectivity index is 0.00000121. The van der Waals surface area contributed by atoms with Gasteiger partial charge in [-0.2, -0.15) is 0 Å². The number of hydrogen-bond acceptors (Lipinski definition) is 2. The van der Waals surface area contributed by atoms with Gasteiger partial charge in [0.25, 0.3) is 0 Å². The summed E-state index contributed by atoms with van der Waals surface area (Å²) in [6.07, 6.45) is 1.67. The Kier molecular flexibility index (Phi) is 3.75. The second-order valence-electron chi connectivity index (χ2n) is 5.52. The molecule has 24 heavy (non-hydrogen) atoms. The van der Waals surface area contributed by atoms with Gasteiger partial charge in [-0.3, -0.25) is 0 Å². The van der Waals surface area contributed by atoms with Gasteiger partial charge in [0, 0.05) is 43.2 Å². The van der Waals surface area contributed by atoms with Crippen LogP contribution in [0.15, 0.2) is 60.8 Å². The van der Waals surface area contributed by atoms with Gasteiger partial charge in [0.2, 0.25) is 5.28 Å². The first-order valence-electron chi connectivity index (χ1n) is 7.47. The number of aryl methyl sites for hydroxylation is 1.